The molecule has 18 heavy (non-hydrogen) atoms. The van der Waals surface area contributed by atoms with Crippen molar-refractivity contribution in [3.63, 3.8) is 0 Å². The van der Waals surface area contributed by atoms with Crippen LogP contribution in [0.4, 0.5) is 0 Å². The lowest BCUT2D eigenvalue weighted by Crippen LogP contribution is -2.23. The molecule has 0 spiro atoms. The molecule has 1 aromatic carbocycles. The molecule has 0 saturated carbocycles. The Kier molecular flexibility index (Phi) is 3.46. The molecule has 0 bridgehead atoms. The number of ketones is 1. The van der Waals surface area contributed by atoms with Crippen molar-refractivity contribution in [1.82, 2.24) is 0 Å². The van der Waals surface area contributed by atoms with Gasteiger partial charge in [0.05, 0.1) is 7.11 Å². The molecular formula is C14H13O4-. The van der Waals surface area contributed by atoms with E-state index >= 15 is 0 Å². The molecule has 0 aliphatic heterocycles. The van der Waals surface area contributed by atoms with Crippen molar-refractivity contribution in [2.24, 2.45) is 0 Å². The second-order valence-corrected chi connectivity index (χ2v) is 4.16. The van der Waals surface area contributed by atoms with Crippen molar-refractivity contribution < 1.29 is 19.4 Å². The molecule has 4 nitrogen and oxygen atoms in total. The van der Waals surface area contributed by atoms with Crippen LogP contribution in [0.3, 0.4) is 0 Å². The average Bonchev–Trinajstić information content (AvgIpc) is 2.71. The van der Waals surface area contributed by atoms with Crippen LogP contribution in [-0.2, 0) is 9.59 Å². The fourth-order valence-corrected chi connectivity index (χ4v) is 2.17. The van der Waals surface area contributed by atoms with Crippen LogP contribution in [0.2, 0.25) is 0 Å². The Hall–Kier alpha value is -2.10. The second-order valence-electron chi connectivity index (χ2n) is 4.16. The third kappa shape index (κ3) is 2.42. The minimum atomic E-state index is -1.22. The summed E-state index contributed by atoms with van der Waals surface area (Å²) in [6.07, 6.45) is 0.665. The predicted octanol–water partition coefficient (Wildman–Crippen LogP) is 0.952. The Morgan fingerprint density at radius 2 is 1.94 bits per heavy atom. The summed E-state index contributed by atoms with van der Waals surface area (Å²) in [7, 11) is 1.58. The van der Waals surface area contributed by atoms with E-state index in [0.29, 0.717) is 18.4 Å². The standard InChI is InChI=1S/C14H14O4/c1-18-10-4-2-9(3-5-10)11-6-7-13(15)12(11)8-14(16)17/h2-5H,6-8H2,1H3,(H,16,17)/p-1. The highest BCUT2D eigenvalue weighted by atomic mass is 16.5. The first kappa shape index (κ1) is 12.4. The maximum Gasteiger partial charge on any atom is 0.159 e. The molecule has 0 unspecified atom stereocenters. The fraction of sp³-hybridized carbons (Fsp3) is 0.286. The number of carboxylic acid groups (broad SMARTS) is 1. The summed E-state index contributed by atoms with van der Waals surface area (Å²) in [5.74, 6) is -0.582. The highest BCUT2D eigenvalue weighted by Gasteiger charge is 2.23. The molecule has 4 heteroatoms. The Bertz CT molecular complexity index is 511. The lowest BCUT2D eigenvalue weighted by Gasteiger charge is -2.08. The van der Waals surface area contributed by atoms with E-state index in [1.165, 1.54) is 0 Å². The topological polar surface area (TPSA) is 66.4 Å². The Morgan fingerprint density at radius 1 is 1.28 bits per heavy atom. The van der Waals surface area contributed by atoms with Gasteiger partial charge >= 0.3 is 0 Å². The minimum Gasteiger partial charge on any atom is -0.550 e. The summed E-state index contributed by atoms with van der Waals surface area (Å²) in [6.45, 7) is 0. The molecule has 0 radical (unpaired) electrons. The van der Waals surface area contributed by atoms with Crippen molar-refractivity contribution in [2.45, 2.75) is 19.3 Å². The number of Topliss-reactive ketones (excluding diaryl/α,β-unsaturated/α-hetero) is 1. The molecule has 2 rings (SSSR count). The number of allylic oxidation sites excluding steroid dienone is 1. The predicted molar refractivity (Wildman–Crippen MR) is 63.8 cm³/mol. The van der Waals surface area contributed by atoms with Gasteiger partial charge in [-0.3, -0.25) is 4.79 Å². The molecule has 1 aromatic rings. The summed E-state index contributed by atoms with van der Waals surface area (Å²) < 4.78 is 5.06. The van der Waals surface area contributed by atoms with Gasteiger partial charge in [-0.1, -0.05) is 12.1 Å². The van der Waals surface area contributed by atoms with Crippen LogP contribution in [0.1, 0.15) is 24.8 Å². The van der Waals surface area contributed by atoms with Crippen molar-refractivity contribution in [3.05, 3.63) is 35.4 Å². The van der Waals surface area contributed by atoms with Crippen molar-refractivity contribution >= 4 is 17.3 Å². The molecular weight excluding hydrogens is 232 g/mol. The highest BCUT2D eigenvalue weighted by molar-refractivity contribution is 6.09. The second kappa shape index (κ2) is 5.04. The number of carbonyl (C=O) groups is 2. The van der Waals surface area contributed by atoms with Gasteiger partial charge in [-0.25, -0.2) is 0 Å². The largest absolute Gasteiger partial charge is 0.550 e. The van der Waals surface area contributed by atoms with Gasteiger partial charge in [0.25, 0.3) is 0 Å². The normalized spacial score (nSPS) is 15.1. The Labute approximate surface area is 105 Å². The number of rotatable bonds is 4. The van der Waals surface area contributed by atoms with Gasteiger partial charge in [0.2, 0.25) is 0 Å². The number of ether oxygens (including phenoxy) is 1. The van der Waals surface area contributed by atoms with Gasteiger partial charge in [0.15, 0.2) is 5.78 Å². The maximum absolute atomic E-state index is 11.6. The highest BCUT2D eigenvalue weighted by Crippen LogP contribution is 2.33. The van der Waals surface area contributed by atoms with Crippen LogP contribution in [0, 0.1) is 0 Å². The van der Waals surface area contributed by atoms with E-state index in [0.717, 1.165) is 16.9 Å². The molecule has 1 aliphatic rings. The van der Waals surface area contributed by atoms with Gasteiger partial charge in [0.1, 0.15) is 5.75 Å². The van der Waals surface area contributed by atoms with Crippen LogP contribution in [-0.4, -0.2) is 18.9 Å². The van der Waals surface area contributed by atoms with Gasteiger partial charge in [0, 0.05) is 24.4 Å². The number of hydrogen-bond donors (Lipinski definition) is 0. The van der Waals surface area contributed by atoms with E-state index in [9.17, 15) is 14.7 Å². The van der Waals surface area contributed by atoms with Gasteiger partial charge in [-0.2, -0.15) is 0 Å². The first-order valence-electron chi connectivity index (χ1n) is 5.71. The number of hydrogen-bond acceptors (Lipinski definition) is 4. The smallest absolute Gasteiger partial charge is 0.159 e. The Morgan fingerprint density at radius 3 is 2.50 bits per heavy atom. The molecule has 0 amide bonds. The maximum atomic E-state index is 11.6. The Balaban J connectivity index is 2.36. The molecule has 1 aliphatic carbocycles. The number of methoxy groups -OCH3 is 1. The van der Waals surface area contributed by atoms with Crippen molar-refractivity contribution in [3.8, 4) is 5.75 Å². The van der Waals surface area contributed by atoms with Crippen LogP contribution in [0.5, 0.6) is 5.75 Å². The summed E-state index contributed by atoms with van der Waals surface area (Å²) in [4.78, 5) is 22.3. The first-order valence-corrected chi connectivity index (χ1v) is 5.71. The number of carboxylic acids is 1. The van der Waals surface area contributed by atoms with E-state index < -0.39 is 5.97 Å². The molecule has 0 fully saturated rings. The molecule has 0 atom stereocenters. The molecule has 0 aromatic heterocycles. The molecule has 0 heterocycles. The van der Waals surface area contributed by atoms with E-state index in [-0.39, 0.29) is 12.2 Å². The molecule has 0 saturated heterocycles. The van der Waals surface area contributed by atoms with Gasteiger partial charge < -0.3 is 14.6 Å². The van der Waals surface area contributed by atoms with Gasteiger partial charge in [-0.15, -0.1) is 0 Å². The zero-order valence-corrected chi connectivity index (χ0v) is 10.1. The summed E-state index contributed by atoms with van der Waals surface area (Å²) in [5.41, 5.74) is 2.06. The fourth-order valence-electron chi connectivity index (χ4n) is 2.17. The lowest BCUT2D eigenvalue weighted by atomic mass is 10.00. The SMILES string of the molecule is COc1ccc(C2=C(CC(=O)[O-])C(=O)CC2)cc1. The van der Waals surface area contributed by atoms with E-state index in [2.05, 4.69) is 0 Å². The van der Waals surface area contributed by atoms with Gasteiger partial charge in [-0.05, 0) is 29.7 Å². The summed E-state index contributed by atoms with van der Waals surface area (Å²) in [5, 5.41) is 10.7. The zero-order chi connectivity index (χ0) is 13.1. The van der Waals surface area contributed by atoms with Crippen LogP contribution >= 0.6 is 0 Å². The van der Waals surface area contributed by atoms with Crippen molar-refractivity contribution in [1.29, 1.82) is 0 Å². The van der Waals surface area contributed by atoms with Crippen molar-refractivity contribution in [2.75, 3.05) is 7.11 Å². The summed E-state index contributed by atoms with van der Waals surface area (Å²) in [6, 6.07) is 7.26. The average molecular weight is 245 g/mol. The lowest BCUT2D eigenvalue weighted by molar-refractivity contribution is -0.304. The zero-order valence-electron chi connectivity index (χ0n) is 10.1. The van der Waals surface area contributed by atoms with E-state index in [4.69, 9.17) is 4.74 Å². The first-order chi connectivity index (χ1) is 8.61. The monoisotopic (exact) mass is 245 g/mol. The summed E-state index contributed by atoms with van der Waals surface area (Å²) >= 11 is 0. The molecule has 94 valence electrons. The van der Waals surface area contributed by atoms with E-state index in [1.807, 2.05) is 12.1 Å². The quantitative estimate of drug-likeness (QED) is 0.792. The number of benzene rings is 1. The molecule has 0 N–H and O–H groups in total. The number of aliphatic carboxylic acids is 1. The minimum absolute atomic E-state index is 0.0926. The van der Waals surface area contributed by atoms with Crippen LogP contribution in [0.15, 0.2) is 29.8 Å². The number of carbonyl (C=O) groups excluding carboxylic acids is 2. The third-order valence-corrected chi connectivity index (χ3v) is 3.06. The van der Waals surface area contributed by atoms with Crippen LogP contribution in [0.25, 0.3) is 5.57 Å². The van der Waals surface area contributed by atoms with Crippen LogP contribution < -0.4 is 9.84 Å². The third-order valence-electron chi connectivity index (χ3n) is 3.06. The van der Waals surface area contributed by atoms with E-state index in [1.54, 1.807) is 19.2 Å².